The number of rotatable bonds is 7. The summed E-state index contributed by atoms with van der Waals surface area (Å²) in [6.45, 7) is 8.94. The van der Waals surface area contributed by atoms with Crippen molar-refractivity contribution in [2.24, 2.45) is 13.0 Å². The first-order valence-corrected chi connectivity index (χ1v) is 13.6. The topological polar surface area (TPSA) is 92.2 Å². The maximum atomic E-state index is 15.6. The van der Waals surface area contributed by atoms with Crippen LogP contribution < -0.4 is 10.6 Å². The molecular formula is C28H33FN6O2S. The smallest absolute Gasteiger partial charge is 0.256 e. The van der Waals surface area contributed by atoms with Crippen molar-refractivity contribution in [2.45, 2.75) is 34.1 Å². The molecular weight excluding hydrogens is 503 g/mol. The van der Waals surface area contributed by atoms with Gasteiger partial charge in [0.25, 0.3) is 5.91 Å². The van der Waals surface area contributed by atoms with E-state index < -0.39 is 5.82 Å². The van der Waals surface area contributed by atoms with Gasteiger partial charge in [-0.1, -0.05) is 26.0 Å². The van der Waals surface area contributed by atoms with Crippen LogP contribution in [0.4, 0.5) is 15.9 Å². The zero-order valence-corrected chi connectivity index (χ0v) is 23.2. The molecule has 4 aromatic rings. The third-order valence-electron chi connectivity index (χ3n) is 6.44. The van der Waals surface area contributed by atoms with Crippen LogP contribution in [-0.2, 0) is 18.3 Å². The minimum absolute atomic E-state index is 0.0366. The number of amides is 2. The number of fused-ring (bicyclic) bond motifs is 1. The van der Waals surface area contributed by atoms with Crippen LogP contribution in [0.2, 0.25) is 0 Å². The van der Waals surface area contributed by atoms with Gasteiger partial charge in [-0.25, -0.2) is 14.4 Å². The predicted molar refractivity (Wildman–Crippen MR) is 149 cm³/mol. The Kier molecular flexibility index (Phi) is 8.41. The summed E-state index contributed by atoms with van der Waals surface area (Å²) in [6.07, 6.45) is 3.98. The molecule has 0 spiro atoms. The number of anilines is 2. The number of pyridine rings is 1. The standard InChI is InChI=1S/C26H27FN6O2S.C2H6/c1-15-9-16(2)24(29-11-15)31-22-19(10-20-23(21(22)27)30-14-32(20)3)26(35)33-12-17(13-33)25(34)28-7-6-18-5-4-8-36-18;1-2/h4-5,8-11,14,17H,6-7,12-13H2,1-3H3,(H,28,34)(H,29,31);1-2H3. The summed E-state index contributed by atoms with van der Waals surface area (Å²) >= 11 is 1.66. The van der Waals surface area contributed by atoms with Crippen molar-refractivity contribution in [1.82, 2.24) is 24.8 Å². The Morgan fingerprint density at radius 1 is 1.18 bits per heavy atom. The molecule has 200 valence electrons. The number of aryl methyl sites for hydroxylation is 3. The van der Waals surface area contributed by atoms with Crippen molar-refractivity contribution in [1.29, 1.82) is 0 Å². The van der Waals surface area contributed by atoms with Gasteiger partial charge in [0.1, 0.15) is 11.3 Å². The monoisotopic (exact) mass is 536 g/mol. The lowest BCUT2D eigenvalue weighted by Crippen LogP contribution is -2.56. The molecule has 1 saturated heterocycles. The summed E-state index contributed by atoms with van der Waals surface area (Å²) in [5.74, 6) is -0.828. The van der Waals surface area contributed by atoms with Gasteiger partial charge in [-0.05, 0) is 48.9 Å². The maximum absolute atomic E-state index is 15.6. The van der Waals surface area contributed by atoms with Crippen LogP contribution in [0.5, 0.6) is 0 Å². The van der Waals surface area contributed by atoms with Crippen molar-refractivity contribution in [3.63, 3.8) is 0 Å². The highest BCUT2D eigenvalue weighted by Crippen LogP contribution is 2.33. The van der Waals surface area contributed by atoms with Crippen LogP contribution in [0.3, 0.4) is 0 Å². The fourth-order valence-electron chi connectivity index (χ4n) is 4.37. The van der Waals surface area contributed by atoms with Crippen molar-refractivity contribution in [3.05, 3.63) is 69.6 Å². The summed E-state index contributed by atoms with van der Waals surface area (Å²) in [5, 5.41) is 8.00. The molecule has 8 nitrogen and oxygen atoms in total. The summed E-state index contributed by atoms with van der Waals surface area (Å²) in [7, 11) is 1.75. The molecule has 1 fully saturated rings. The number of nitrogens with one attached hydrogen (secondary N) is 2. The zero-order chi connectivity index (χ0) is 27.4. The molecule has 0 radical (unpaired) electrons. The molecule has 4 heterocycles. The van der Waals surface area contributed by atoms with Gasteiger partial charge in [0.15, 0.2) is 5.82 Å². The summed E-state index contributed by atoms with van der Waals surface area (Å²) < 4.78 is 17.3. The molecule has 0 aliphatic carbocycles. The van der Waals surface area contributed by atoms with E-state index in [1.807, 2.05) is 51.3 Å². The Balaban J connectivity index is 0.00000164. The highest BCUT2D eigenvalue weighted by Gasteiger charge is 2.37. The van der Waals surface area contributed by atoms with Gasteiger partial charge < -0.3 is 20.1 Å². The summed E-state index contributed by atoms with van der Waals surface area (Å²) in [5.41, 5.74) is 2.72. The highest BCUT2D eigenvalue weighted by molar-refractivity contribution is 7.09. The molecule has 0 atom stereocenters. The second-order valence-corrected chi connectivity index (χ2v) is 10.2. The second kappa shape index (κ2) is 11.7. The van der Waals surface area contributed by atoms with Crippen molar-refractivity contribution in [3.8, 4) is 0 Å². The number of carbonyl (C=O) groups is 2. The minimum Gasteiger partial charge on any atom is -0.355 e. The third-order valence-corrected chi connectivity index (χ3v) is 7.38. The highest BCUT2D eigenvalue weighted by atomic mass is 32.1. The molecule has 1 aliphatic rings. The molecule has 38 heavy (non-hydrogen) atoms. The largest absolute Gasteiger partial charge is 0.355 e. The molecule has 5 rings (SSSR count). The van der Waals surface area contributed by atoms with Gasteiger partial charge in [0.2, 0.25) is 5.91 Å². The Labute approximate surface area is 225 Å². The number of benzene rings is 1. The molecule has 0 unspecified atom stereocenters. The van der Waals surface area contributed by atoms with Gasteiger partial charge in [-0.3, -0.25) is 9.59 Å². The molecule has 2 amide bonds. The van der Waals surface area contributed by atoms with Crippen molar-refractivity contribution >= 4 is 45.7 Å². The molecule has 10 heteroatoms. The van der Waals surface area contributed by atoms with Crippen molar-refractivity contribution in [2.75, 3.05) is 25.0 Å². The van der Waals surface area contributed by atoms with Gasteiger partial charge in [0, 0.05) is 37.8 Å². The van der Waals surface area contributed by atoms with Crippen LogP contribution in [-0.4, -0.2) is 50.9 Å². The third kappa shape index (κ3) is 5.55. The number of aromatic nitrogens is 3. The van der Waals surface area contributed by atoms with E-state index in [0.29, 0.717) is 17.9 Å². The lowest BCUT2D eigenvalue weighted by Gasteiger charge is -2.38. The Morgan fingerprint density at radius 2 is 1.95 bits per heavy atom. The summed E-state index contributed by atoms with van der Waals surface area (Å²) in [6, 6.07) is 7.61. The predicted octanol–water partition coefficient (Wildman–Crippen LogP) is 4.99. The number of imidazole rings is 1. The summed E-state index contributed by atoms with van der Waals surface area (Å²) in [4.78, 5) is 37.3. The number of halogens is 1. The normalized spacial score (nSPS) is 13.1. The van der Waals surface area contributed by atoms with E-state index >= 15 is 4.39 Å². The quantitative estimate of drug-likeness (QED) is 0.347. The van der Waals surface area contributed by atoms with Crippen LogP contribution in [0, 0.1) is 25.6 Å². The van der Waals surface area contributed by atoms with Crippen molar-refractivity contribution < 1.29 is 14.0 Å². The van der Waals surface area contributed by atoms with Gasteiger partial charge >= 0.3 is 0 Å². The number of nitrogens with zero attached hydrogens (tertiary/aromatic N) is 4. The van der Waals surface area contributed by atoms with Crippen LogP contribution in [0.25, 0.3) is 11.0 Å². The van der Waals surface area contributed by atoms with E-state index in [0.717, 1.165) is 17.5 Å². The maximum Gasteiger partial charge on any atom is 0.256 e. The molecule has 0 bridgehead atoms. The average Bonchev–Trinajstić information content (AvgIpc) is 3.52. The van der Waals surface area contributed by atoms with Crippen LogP contribution in [0.1, 0.15) is 40.2 Å². The number of thiophene rings is 1. The second-order valence-electron chi connectivity index (χ2n) is 9.17. The van der Waals surface area contributed by atoms with E-state index in [1.54, 1.807) is 40.1 Å². The number of likely N-dealkylation sites (tertiary alicyclic amines) is 1. The van der Waals surface area contributed by atoms with E-state index in [4.69, 9.17) is 0 Å². The first-order valence-electron chi connectivity index (χ1n) is 12.7. The molecule has 0 saturated carbocycles. The van der Waals surface area contributed by atoms with E-state index in [9.17, 15) is 9.59 Å². The van der Waals surface area contributed by atoms with Gasteiger partial charge in [-0.2, -0.15) is 0 Å². The van der Waals surface area contributed by atoms with E-state index in [-0.39, 0.29) is 47.6 Å². The van der Waals surface area contributed by atoms with E-state index in [2.05, 4.69) is 20.6 Å². The van der Waals surface area contributed by atoms with E-state index in [1.165, 1.54) is 11.2 Å². The van der Waals surface area contributed by atoms with Gasteiger partial charge in [0.05, 0.1) is 29.0 Å². The Hall–Kier alpha value is -3.79. The number of carbonyl (C=O) groups excluding carboxylic acids is 2. The first-order chi connectivity index (χ1) is 18.3. The lowest BCUT2D eigenvalue weighted by molar-refractivity contribution is -0.128. The number of hydrogen-bond acceptors (Lipinski definition) is 6. The van der Waals surface area contributed by atoms with Crippen LogP contribution in [0.15, 0.2) is 42.2 Å². The fraction of sp³-hybridized carbons (Fsp3) is 0.357. The molecule has 1 aromatic carbocycles. The minimum atomic E-state index is -0.610. The zero-order valence-electron chi connectivity index (χ0n) is 22.3. The Morgan fingerprint density at radius 3 is 2.63 bits per heavy atom. The SMILES string of the molecule is CC.Cc1cnc(Nc2c(C(=O)N3CC(C(=O)NCCc4cccs4)C3)cc3c(ncn3C)c2F)c(C)c1. The average molecular weight is 537 g/mol. The van der Waals surface area contributed by atoms with Crippen LogP contribution >= 0.6 is 11.3 Å². The fourth-order valence-corrected chi connectivity index (χ4v) is 5.08. The number of hydrogen-bond donors (Lipinski definition) is 2. The van der Waals surface area contributed by atoms with Gasteiger partial charge in [-0.15, -0.1) is 11.3 Å². The first kappa shape index (κ1) is 27.3. The molecule has 2 N–H and O–H groups in total. The Bertz CT molecular complexity index is 1440. The molecule has 3 aromatic heterocycles. The lowest BCUT2D eigenvalue weighted by atomic mass is 9.97. The molecule has 1 aliphatic heterocycles.